The highest BCUT2D eigenvalue weighted by atomic mass is 16.2. The van der Waals surface area contributed by atoms with Crippen molar-refractivity contribution in [2.75, 3.05) is 31.5 Å². The van der Waals surface area contributed by atoms with E-state index in [1.807, 2.05) is 35.2 Å². The predicted molar refractivity (Wildman–Crippen MR) is 113 cm³/mol. The van der Waals surface area contributed by atoms with Crippen molar-refractivity contribution in [1.29, 1.82) is 0 Å². The van der Waals surface area contributed by atoms with Gasteiger partial charge in [0.2, 0.25) is 0 Å². The largest absolute Gasteiger partial charge is 0.381 e. The van der Waals surface area contributed by atoms with Crippen molar-refractivity contribution < 1.29 is 4.79 Å². The van der Waals surface area contributed by atoms with Gasteiger partial charge in [-0.15, -0.1) is 0 Å². The Morgan fingerprint density at radius 2 is 1.66 bits per heavy atom. The zero-order valence-electron chi connectivity index (χ0n) is 16.4. The molecule has 0 atom stereocenters. The lowest BCUT2D eigenvalue weighted by atomic mass is 10.2. The summed E-state index contributed by atoms with van der Waals surface area (Å²) < 4.78 is 0. The van der Waals surface area contributed by atoms with Gasteiger partial charge in [0.05, 0.1) is 0 Å². The summed E-state index contributed by atoms with van der Waals surface area (Å²) in [6.07, 6.45) is 5.24. The molecule has 1 N–H and O–H groups in total. The van der Waals surface area contributed by atoms with Gasteiger partial charge < -0.3 is 10.2 Å². The molecule has 148 valence electrons. The number of anilines is 1. The third kappa shape index (κ3) is 5.18. The molecule has 6 heteroatoms. The Labute approximate surface area is 171 Å². The average Bonchev–Trinajstić information content (AvgIpc) is 2.79. The molecule has 29 heavy (non-hydrogen) atoms. The summed E-state index contributed by atoms with van der Waals surface area (Å²) in [5.41, 5.74) is 3.82. The van der Waals surface area contributed by atoms with E-state index in [1.54, 1.807) is 18.6 Å². The lowest BCUT2D eigenvalue weighted by Crippen LogP contribution is -2.48. The van der Waals surface area contributed by atoms with E-state index in [0.717, 1.165) is 44.0 Å². The van der Waals surface area contributed by atoms with Gasteiger partial charge in [0.25, 0.3) is 5.91 Å². The van der Waals surface area contributed by atoms with E-state index in [9.17, 15) is 4.79 Å². The molecule has 0 saturated carbocycles. The highest BCUT2D eigenvalue weighted by molar-refractivity contribution is 5.93. The molecule has 0 aliphatic carbocycles. The van der Waals surface area contributed by atoms with Crippen molar-refractivity contribution in [3.05, 3.63) is 90.0 Å². The van der Waals surface area contributed by atoms with Crippen LogP contribution in [0, 0.1) is 0 Å². The Bertz CT molecular complexity index is 924. The number of nitrogens with zero attached hydrogens (tertiary/aromatic N) is 4. The third-order valence-electron chi connectivity index (χ3n) is 5.13. The zero-order valence-corrected chi connectivity index (χ0v) is 16.4. The maximum absolute atomic E-state index is 12.9. The Balaban J connectivity index is 1.31. The normalized spacial score (nSPS) is 14.6. The number of hydrogen-bond donors (Lipinski definition) is 1. The minimum Gasteiger partial charge on any atom is -0.381 e. The number of piperazine rings is 1. The summed E-state index contributed by atoms with van der Waals surface area (Å²) in [5.74, 6) is -0.00285. The summed E-state index contributed by atoms with van der Waals surface area (Å²) in [6, 6.07) is 18.1. The molecule has 3 heterocycles. The van der Waals surface area contributed by atoms with Gasteiger partial charge in [0, 0.05) is 63.5 Å². The topological polar surface area (TPSA) is 61.4 Å². The van der Waals surface area contributed by atoms with Gasteiger partial charge in [-0.1, -0.05) is 30.3 Å². The monoisotopic (exact) mass is 387 g/mol. The summed E-state index contributed by atoms with van der Waals surface area (Å²) in [6.45, 7) is 4.80. The van der Waals surface area contributed by atoms with Crippen molar-refractivity contribution in [3.63, 3.8) is 0 Å². The van der Waals surface area contributed by atoms with Crippen LogP contribution < -0.4 is 5.32 Å². The predicted octanol–water partition coefficient (Wildman–Crippen LogP) is 3.05. The molecule has 1 saturated heterocycles. The van der Waals surface area contributed by atoms with Crippen molar-refractivity contribution >= 4 is 11.6 Å². The lowest BCUT2D eigenvalue weighted by molar-refractivity contribution is 0.0623. The second-order valence-electron chi connectivity index (χ2n) is 7.19. The minimum absolute atomic E-state index is 0.00285. The number of nitrogens with one attached hydrogen (secondary N) is 1. The van der Waals surface area contributed by atoms with Gasteiger partial charge in [0.15, 0.2) is 0 Å². The first-order valence-corrected chi connectivity index (χ1v) is 9.92. The molecular weight excluding hydrogens is 362 g/mol. The number of carbonyl (C=O) groups is 1. The molecule has 3 aromatic rings. The molecule has 6 nitrogen and oxygen atoms in total. The fourth-order valence-electron chi connectivity index (χ4n) is 3.47. The van der Waals surface area contributed by atoms with Crippen LogP contribution in [0.4, 0.5) is 5.69 Å². The van der Waals surface area contributed by atoms with Gasteiger partial charge >= 0.3 is 0 Å². The molecule has 0 radical (unpaired) electrons. The van der Waals surface area contributed by atoms with Gasteiger partial charge in [-0.2, -0.15) is 0 Å². The standard InChI is InChI=1S/C23H25N5O/c29-23(28-14-12-27(13-15-28)18-20-4-2-1-3-5-20)22-16-21(8-11-25-22)26-17-19-6-9-24-10-7-19/h1-11,16H,12-15,17-18H2,(H,25,26). The highest BCUT2D eigenvalue weighted by Gasteiger charge is 2.23. The molecule has 1 fully saturated rings. The molecule has 1 aliphatic heterocycles. The molecule has 4 rings (SSSR count). The van der Waals surface area contributed by atoms with Crippen LogP contribution in [-0.2, 0) is 13.1 Å². The number of benzene rings is 1. The smallest absolute Gasteiger partial charge is 0.272 e. The lowest BCUT2D eigenvalue weighted by Gasteiger charge is -2.34. The first-order valence-electron chi connectivity index (χ1n) is 9.92. The van der Waals surface area contributed by atoms with Crippen LogP contribution in [-0.4, -0.2) is 51.9 Å². The Kier molecular flexibility index (Phi) is 6.12. The van der Waals surface area contributed by atoms with Crippen LogP contribution in [0.2, 0.25) is 0 Å². The van der Waals surface area contributed by atoms with Gasteiger partial charge in [-0.3, -0.25) is 19.7 Å². The first-order chi connectivity index (χ1) is 14.3. The second kappa shape index (κ2) is 9.30. The van der Waals surface area contributed by atoms with E-state index in [1.165, 1.54) is 5.56 Å². The summed E-state index contributed by atoms with van der Waals surface area (Å²) in [7, 11) is 0. The average molecular weight is 387 g/mol. The van der Waals surface area contributed by atoms with E-state index in [0.29, 0.717) is 12.2 Å². The molecule has 1 aliphatic rings. The van der Waals surface area contributed by atoms with Crippen molar-refractivity contribution in [2.24, 2.45) is 0 Å². The van der Waals surface area contributed by atoms with Crippen molar-refractivity contribution in [2.45, 2.75) is 13.1 Å². The van der Waals surface area contributed by atoms with E-state index in [4.69, 9.17) is 0 Å². The number of amides is 1. The molecule has 0 spiro atoms. The van der Waals surface area contributed by atoms with Crippen LogP contribution in [0.5, 0.6) is 0 Å². The van der Waals surface area contributed by atoms with Crippen LogP contribution in [0.25, 0.3) is 0 Å². The molecule has 0 bridgehead atoms. The summed E-state index contributed by atoms with van der Waals surface area (Å²) in [4.78, 5) is 25.5. The van der Waals surface area contributed by atoms with Gasteiger partial charge in [0.1, 0.15) is 5.69 Å². The molecular formula is C23H25N5O. The maximum Gasteiger partial charge on any atom is 0.272 e. The van der Waals surface area contributed by atoms with E-state index in [-0.39, 0.29) is 5.91 Å². The van der Waals surface area contributed by atoms with Gasteiger partial charge in [-0.05, 0) is 35.4 Å². The third-order valence-corrected chi connectivity index (χ3v) is 5.13. The van der Waals surface area contributed by atoms with Crippen LogP contribution in [0.1, 0.15) is 21.6 Å². The second-order valence-corrected chi connectivity index (χ2v) is 7.19. The minimum atomic E-state index is -0.00285. The fraction of sp³-hybridized carbons (Fsp3) is 0.261. The first kappa shape index (κ1) is 19.1. The van der Waals surface area contributed by atoms with E-state index >= 15 is 0 Å². The highest BCUT2D eigenvalue weighted by Crippen LogP contribution is 2.14. The SMILES string of the molecule is O=C(c1cc(NCc2ccncc2)ccn1)N1CCN(Cc2ccccc2)CC1. The number of carbonyl (C=O) groups excluding carboxylic acids is 1. The number of hydrogen-bond acceptors (Lipinski definition) is 5. The van der Waals surface area contributed by atoms with Crippen LogP contribution in [0.15, 0.2) is 73.2 Å². The Morgan fingerprint density at radius 3 is 2.41 bits per heavy atom. The van der Waals surface area contributed by atoms with Crippen LogP contribution >= 0.6 is 0 Å². The molecule has 2 aromatic heterocycles. The fourth-order valence-corrected chi connectivity index (χ4v) is 3.47. The number of rotatable bonds is 6. The Morgan fingerprint density at radius 1 is 0.897 bits per heavy atom. The molecule has 0 unspecified atom stereocenters. The summed E-state index contributed by atoms with van der Waals surface area (Å²) in [5, 5.41) is 3.35. The number of aromatic nitrogens is 2. The molecule has 1 amide bonds. The number of pyridine rings is 2. The van der Waals surface area contributed by atoms with Crippen LogP contribution in [0.3, 0.4) is 0 Å². The van der Waals surface area contributed by atoms with E-state index in [2.05, 4.69) is 44.5 Å². The van der Waals surface area contributed by atoms with Crippen molar-refractivity contribution in [3.8, 4) is 0 Å². The Hall–Kier alpha value is -3.25. The maximum atomic E-state index is 12.9. The summed E-state index contributed by atoms with van der Waals surface area (Å²) >= 11 is 0. The van der Waals surface area contributed by atoms with Crippen molar-refractivity contribution in [1.82, 2.24) is 19.8 Å². The quantitative estimate of drug-likeness (QED) is 0.704. The van der Waals surface area contributed by atoms with E-state index < -0.39 is 0 Å². The van der Waals surface area contributed by atoms with Gasteiger partial charge in [-0.25, -0.2) is 0 Å². The zero-order chi connectivity index (χ0) is 19.9. The molecule has 1 aromatic carbocycles.